The summed E-state index contributed by atoms with van der Waals surface area (Å²) < 4.78 is 4.11. The Hall–Kier alpha value is -0.900. The monoisotopic (exact) mass is 117 g/mol. The van der Waals surface area contributed by atoms with Crippen molar-refractivity contribution in [2.24, 2.45) is 5.73 Å². The molecule has 0 aliphatic rings. The minimum Gasteiger partial charge on any atom is -0.468 e. The SMILES string of the molecule is COC(=O)[C@@H](N)C=O. The Morgan fingerprint density at radius 1 is 1.88 bits per heavy atom. The maximum absolute atomic E-state index is 10.2. The predicted octanol–water partition coefficient (Wildman–Crippen LogP) is -1.31. The summed E-state index contributed by atoms with van der Waals surface area (Å²) in [5.41, 5.74) is 4.88. The van der Waals surface area contributed by atoms with Gasteiger partial charge in [0.25, 0.3) is 0 Å². The van der Waals surface area contributed by atoms with E-state index in [2.05, 4.69) is 4.74 Å². The fourth-order valence-electron chi connectivity index (χ4n) is 0.192. The Labute approximate surface area is 46.6 Å². The van der Waals surface area contributed by atoms with Crippen molar-refractivity contribution in [1.29, 1.82) is 0 Å². The summed E-state index contributed by atoms with van der Waals surface area (Å²) >= 11 is 0. The first kappa shape index (κ1) is 7.10. The number of hydrogen-bond donors (Lipinski definition) is 1. The van der Waals surface area contributed by atoms with Gasteiger partial charge in [-0.25, -0.2) is 4.79 Å². The van der Waals surface area contributed by atoms with Crippen molar-refractivity contribution in [1.82, 2.24) is 0 Å². The van der Waals surface area contributed by atoms with Gasteiger partial charge in [-0.05, 0) is 0 Å². The van der Waals surface area contributed by atoms with E-state index in [1.165, 1.54) is 7.11 Å². The lowest BCUT2D eigenvalue weighted by atomic mass is 10.4. The lowest BCUT2D eigenvalue weighted by molar-refractivity contribution is -0.143. The van der Waals surface area contributed by atoms with Gasteiger partial charge >= 0.3 is 5.97 Å². The molecule has 0 aliphatic heterocycles. The van der Waals surface area contributed by atoms with Crippen LogP contribution in [0, 0.1) is 0 Å². The molecular weight excluding hydrogens is 110 g/mol. The molecule has 2 N–H and O–H groups in total. The van der Waals surface area contributed by atoms with Gasteiger partial charge in [0, 0.05) is 0 Å². The topological polar surface area (TPSA) is 69.4 Å². The first-order valence-corrected chi connectivity index (χ1v) is 2.01. The Morgan fingerprint density at radius 2 is 2.38 bits per heavy atom. The van der Waals surface area contributed by atoms with Crippen molar-refractivity contribution >= 4 is 12.3 Å². The van der Waals surface area contributed by atoms with E-state index >= 15 is 0 Å². The zero-order valence-electron chi connectivity index (χ0n) is 4.46. The lowest BCUT2D eigenvalue weighted by Crippen LogP contribution is -2.32. The van der Waals surface area contributed by atoms with Gasteiger partial charge in [0.2, 0.25) is 0 Å². The number of hydrogen-bond acceptors (Lipinski definition) is 4. The Bertz CT molecular complexity index is 101. The molecule has 0 heterocycles. The van der Waals surface area contributed by atoms with E-state index in [0.29, 0.717) is 6.29 Å². The van der Waals surface area contributed by atoms with Crippen LogP contribution in [0.1, 0.15) is 0 Å². The van der Waals surface area contributed by atoms with E-state index in [1.807, 2.05) is 0 Å². The molecule has 0 aliphatic carbocycles. The van der Waals surface area contributed by atoms with Crippen LogP contribution >= 0.6 is 0 Å². The predicted molar refractivity (Wildman–Crippen MR) is 26.1 cm³/mol. The van der Waals surface area contributed by atoms with Crippen LogP contribution in [0.15, 0.2) is 0 Å². The summed E-state index contributed by atoms with van der Waals surface area (Å²) in [6.07, 6.45) is 0.325. The first-order valence-electron chi connectivity index (χ1n) is 2.01. The van der Waals surface area contributed by atoms with Crippen molar-refractivity contribution < 1.29 is 14.3 Å². The molecule has 0 saturated heterocycles. The highest BCUT2D eigenvalue weighted by Gasteiger charge is 2.09. The molecule has 1 atom stereocenters. The fraction of sp³-hybridized carbons (Fsp3) is 0.500. The van der Waals surface area contributed by atoms with Crippen LogP contribution in [0.4, 0.5) is 0 Å². The Balaban J connectivity index is 3.62. The van der Waals surface area contributed by atoms with Gasteiger partial charge in [-0.15, -0.1) is 0 Å². The summed E-state index contributed by atoms with van der Waals surface area (Å²) in [6.45, 7) is 0. The highest BCUT2D eigenvalue weighted by Crippen LogP contribution is 1.75. The minimum absolute atomic E-state index is 0.325. The second-order valence-corrected chi connectivity index (χ2v) is 1.19. The average molecular weight is 117 g/mol. The first-order chi connectivity index (χ1) is 3.72. The van der Waals surface area contributed by atoms with E-state index in [9.17, 15) is 9.59 Å². The number of esters is 1. The van der Waals surface area contributed by atoms with Crippen molar-refractivity contribution in [2.45, 2.75) is 6.04 Å². The second kappa shape index (κ2) is 3.15. The van der Waals surface area contributed by atoms with Crippen LogP contribution in [-0.2, 0) is 14.3 Å². The highest BCUT2D eigenvalue weighted by atomic mass is 16.5. The average Bonchev–Trinajstić information content (AvgIpc) is 1.84. The number of carbonyl (C=O) groups excluding carboxylic acids is 2. The summed E-state index contributed by atoms with van der Waals surface area (Å²) in [5.74, 6) is -0.708. The molecule has 0 aromatic heterocycles. The van der Waals surface area contributed by atoms with E-state index in [0.717, 1.165) is 0 Å². The Morgan fingerprint density at radius 3 is 2.50 bits per heavy atom. The van der Waals surface area contributed by atoms with Gasteiger partial charge in [0.1, 0.15) is 6.29 Å². The van der Waals surface area contributed by atoms with Crippen LogP contribution in [-0.4, -0.2) is 25.4 Å². The van der Waals surface area contributed by atoms with Gasteiger partial charge in [-0.1, -0.05) is 0 Å². The molecule has 0 aromatic carbocycles. The zero-order valence-corrected chi connectivity index (χ0v) is 4.46. The minimum atomic E-state index is -1.13. The highest BCUT2D eigenvalue weighted by molar-refractivity contribution is 5.91. The lowest BCUT2D eigenvalue weighted by Gasteiger charge is -1.97. The summed E-state index contributed by atoms with van der Waals surface area (Å²) in [6, 6.07) is -1.13. The normalized spacial score (nSPS) is 12.2. The number of ether oxygens (including phenoxy) is 1. The van der Waals surface area contributed by atoms with Crippen LogP contribution < -0.4 is 5.73 Å². The molecule has 0 fully saturated rings. The Kier molecular flexibility index (Phi) is 2.79. The number of nitrogens with two attached hydrogens (primary N) is 1. The van der Waals surface area contributed by atoms with E-state index in [1.54, 1.807) is 0 Å². The number of aldehydes is 1. The summed E-state index contributed by atoms with van der Waals surface area (Å²) in [7, 11) is 1.17. The van der Waals surface area contributed by atoms with Crippen molar-refractivity contribution in [3.8, 4) is 0 Å². The van der Waals surface area contributed by atoms with Crippen molar-refractivity contribution in [3.05, 3.63) is 0 Å². The molecule has 0 rings (SSSR count). The van der Waals surface area contributed by atoms with Gasteiger partial charge in [0.05, 0.1) is 7.11 Å². The maximum atomic E-state index is 10.2. The van der Waals surface area contributed by atoms with Crippen LogP contribution in [0.3, 0.4) is 0 Å². The van der Waals surface area contributed by atoms with E-state index in [4.69, 9.17) is 5.73 Å². The molecule has 0 radical (unpaired) electrons. The van der Waals surface area contributed by atoms with Gasteiger partial charge in [-0.2, -0.15) is 0 Å². The zero-order chi connectivity index (χ0) is 6.57. The molecule has 0 spiro atoms. The van der Waals surface area contributed by atoms with Gasteiger partial charge in [-0.3, -0.25) is 0 Å². The maximum Gasteiger partial charge on any atom is 0.330 e. The molecular formula is C4H7NO3. The quantitative estimate of drug-likeness (QED) is 0.277. The van der Waals surface area contributed by atoms with Crippen molar-refractivity contribution in [3.63, 3.8) is 0 Å². The molecule has 0 unspecified atom stereocenters. The van der Waals surface area contributed by atoms with Crippen LogP contribution in [0.5, 0.6) is 0 Å². The van der Waals surface area contributed by atoms with Crippen LogP contribution in [0.2, 0.25) is 0 Å². The van der Waals surface area contributed by atoms with Gasteiger partial charge in [0.15, 0.2) is 6.04 Å². The standard InChI is InChI=1S/C4H7NO3/c1-8-4(7)3(5)2-6/h2-3H,5H2,1H3/t3-/m0/s1. The van der Waals surface area contributed by atoms with Crippen molar-refractivity contribution in [2.75, 3.05) is 7.11 Å². The number of rotatable bonds is 2. The number of methoxy groups -OCH3 is 1. The summed E-state index contributed by atoms with van der Waals surface area (Å²) in [4.78, 5) is 19.8. The third kappa shape index (κ3) is 1.70. The molecule has 0 amide bonds. The third-order valence-electron chi connectivity index (χ3n) is 0.620. The molecule has 0 bridgehead atoms. The smallest absolute Gasteiger partial charge is 0.330 e. The molecule has 4 heteroatoms. The van der Waals surface area contributed by atoms with Crippen LogP contribution in [0.25, 0.3) is 0 Å². The van der Waals surface area contributed by atoms with E-state index in [-0.39, 0.29) is 0 Å². The van der Waals surface area contributed by atoms with E-state index < -0.39 is 12.0 Å². The molecule has 46 valence electrons. The molecule has 4 nitrogen and oxygen atoms in total. The molecule has 0 saturated carbocycles. The third-order valence-corrected chi connectivity index (χ3v) is 0.620. The summed E-state index contributed by atoms with van der Waals surface area (Å²) in [5, 5.41) is 0. The number of carbonyl (C=O) groups is 2. The van der Waals surface area contributed by atoms with Gasteiger partial charge < -0.3 is 15.3 Å². The molecule has 8 heavy (non-hydrogen) atoms. The largest absolute Gasteiger partial charge is 0.468 e. The fourth-order valence-corrected chi connectivity index (χ4v) is 0.192. The second-order valence-electron chi connectivity index (χ2n) is 1.19. The molecule has 0 aromatic rings.